The fourth-order valence-electron chi connectivity index (χ4n) is 2.56. The molecule has 0 radical (unpaired) electrons. The second kappa shape index (κ2) is 7.77. The number of fused-ring (bicyclic) bond motifs is 1. The highest BCUT2D eigenvalue weighted by Gasteiger charge is 2.17. The number of ether oxygens (including phenoxy) is 3. The number of nitrogens with one attached hydrogen (secondary N) is 2. The zero-order chi connectivity index (χ0) is 18.5. The fraction of sp³-hybridized carbons (Fsp3) is 0.263. The summed E-state index contributed by atoms with van der Waals surface area (Å²) >= 11 is 0. The number of hydrogen-bond acceptors (Lipinski definition) is 5. The van der Waals surface area contributed by atoms with Crippen molar-refractivity contribution in [3.05, 3.63) is 42.0 Å². The van der Waals surface area contributed by atoms with Crippen LogP contribution in [0, 0.1) is 0 Å². The van der Waals surface area contributed by atoms with E-state index in [0.717, 1.165) is 0 Å². The van der Waals surface area contributed by atoms with E-state index in [1.807, 2.05) is 13.8 Å². The summed E-state index contributed by atoms with van der Waals surface area (Å²) in [4.78, 5) is 24.0. The molecule has 0 aliphatic carbocycles. The van der Waals surface area contributed by atoms with E-state index in [-0.39, 0.29) is 18.4 Å². The summed E-state index contributed by atoms with van der Waals surface area (Å²) in [5.74, 6) is 1.17. The van der Waals surface area contributed by atoms with Crippen molar-refractivity contribution in [3.8, 4) is 17.2 Å². The molecule has 3 rings (SSSR count). The number of anilines is 2. The first-order valence-electron chi connectivity index (χ1n) is 8.38. The van der Waals surface area contributed by atoms with Crippen molar-refractivity contribution in [1.82, 2.24) is 0 Å². The Morgan fingerprint density at radius 1 is 1.12 bits per heavy atom. The van der Waals surface area contributed by atoms with Gasteiger partial charge in [0.2, 0.25) is 0 Å². The summed E-state index contributed by atoms with van der Waals surface area (Å²) in [5.41, 5.74) is 1.52. The molecule has 1 aliphatic rings. The maximum Gasteiger partial charge on any atom is 0.262 e. The molecule has 0 saturated heterocycles. The van der Waals surface area contributed by atoms with E-state index in [2.05, 4.69) is 10.6 Å². The highest BCUT2D eigenvalue weighted by atomic mass is 16.5. The van der Waals surface area contributed by atoms with Gasteiger partial charge in [0.25, 0.3) is 11.8 Å². The molecule has 0 atom stereocenters. The van der Waals surface area contributed by atoms with E-state index in [1.54, 1.807) is 36.4 Å². The molecule has 0 bridgehead atoms. The topological polar surface area (TPSA) is 85.9 Å². The van der Waals surface area contributed by atoms with E-state index in [4.69, 9.17) is 14.2 Å². The first-order chi connectivity index (χ1) is 12.6. The molecule has 7 heteroatoms. The Kier molecular flexibility index (Phi) is 5.26. The second-order valence-electron chi connectivity index (χ2n) is 5.53. The minimum Gasteiger partial charge on any atom is -0.490 e. The minimum atomic E-state index is -0.294. The zero-order valence-electron chi connectivity index (χ0n) is 14.6. The smallest absolute Gasteiger partial charge is 0.262 e. The molecule has 0 aromatic heterocycles. The van der Waals surface area contributed by atoms with Crippen LogP contribution >= 0.6 is 0 Å². The van der Waals surface area contributed by atoms with Crippen molar-refractivity contribution in [2.24, 2.45) is 0 Å². The van der Waals surface area contributed by atoms with E-state index < -0.39 is 0 Å². The summed E-state index contributed by atoms with van der Waals surface area (Å²) in [6.45, 7) is 4.72. The summed E-state index contributed by atoms with van der Waals surface area (Å²) < 4.78 is 16.4. The lowest BCUT2D eigenvalue weighted by Gasteiger charge is -2.18. The first kappa shape index (κ1) is 17.6. The molecule has 7 nitrogen and oxygen atoms in total. The van der Waals surface area contributed by atoms with Gasteiger partial charge < -0.3 is 24.8 Å². The molecular formula is C19H20N2O5. The SMILES string of the molecule is CCOc1ccc(C(=O)Nc2ccc3c(c2)NC(=O)CO3)cc1OCC. The van der Waals surface area contributed by atoms with Gasteiger partial charge in [-0.1, -0.05) is 0 Å². The number of benzene rings is 2. The highest BCUT2D eigenvalue weighted by Crippen LogP contribution is 2.31. The third-order valence-electron chi connectivity index (χ3n) is 3.68. The maximum absolute atomic E-state index is 12.5. The van der Waals surface area contributed by atoms with Crippen LogP contribution in [-0.4, -0.2) is 31.6 Å². The Bertz CT molecular complexity index is 835. The molecule has 136 valence electrons. The normalized spacial score (nSPS) is 12.5. The average molecular weight is 356 g/mol. The standard InChI is InChI=1S/C19H20N2O5/c1-3-24-16-7-5-12(9-17(16)25-4-2)19(23)20-13-6-8-15-14(10-13)21-18(22)11-26-15/h5-10H,3-4,11H2,1-2H3,(H,20,23)(H,21,22). The Hall–Kier alpha value is -3.22. The summed E-state index contributed by atoms with van der Waals surface area (Å²) in [5, 5.41) is 5.51. The molecule has 2 N–H and O–H groups in total. The van der Waals surface area contributed by atoms with Gasteiger partial charge in [-0.25, -0.2) is 0 Å². The number of hydrogen-bond donors (Lipinski definition) is 2. The summed E-state index contributed by atoms with van der Waals surface area (Å²) in [6.07, 6.45) is 0. The largest absolute Gasteiger partial charge is 0.490 e. The van der Waals surface area contributed by atoms with Crippen LogP contribution in [0.5, 0.6) is 17.2 Å². The van der Waals surface area contributed by atoms with Crippen molar-refractivity contribution in [2.75, 3.05) is 30.5 Å². The van der Waals surface area contributed by atoms with Crippen LogP contribution in [0.25, 0.3) is 0 Å². The molecule has 0 spiro atoms. The Morgan fingerprint density at radius 3 is 2.65 bits per heavy atom. The van der Waals surface area contributed by atoms with Crippen molar-refractivity contribution in [1.29, 1.82) is 0 Å². The monoisotopic (exact) mass is 356 g/mol. The molecule has 2 aromatic carbocycles. The Labute approximate surface area is 151 Å². The maximum atomic E-state index is 12.5. The number of amides is 2. The van der Waals surface area contributed by atoms with Gasteiger partial charge in [0.05, 0.1) is 18.9 Å². The molecule has 0 saturated carbocycles. The second-order valence-corrected chi connectivity index (χ2v) is 5.53. The fourth-order valence-corrected chi connectivity index (χ4v) is 2.56. The molecule has 2 aromatic rings. The molecular weight excluding hydrogens is 336 g/mol. The van der Waals surface area contributed by atoms with E-state index >= 15 is 0 Å². The quantitative estimate of drug-likeness (QED) is 0.831. The van der Waals surface area contributed by atoms with Gasteiger partial charge in [-0.05, 0) is 50.2 Å². The van der Waals surface area contributed by atoms with Gasteiger partial charge in [-0.15, -0.1) is 0 Å². The molecule has 0 fully saturated rings. The summed E-state index contributed by atoms with van der Waals surface area (Å²) in [7, 11) is 0. The van der Waals surface area contributed by atoms with Crippen LogP contribution in [0.2, 0.25) is 0 Å². The highest BCUT2D eigenvalue weighted by molar-refractivity contribution is 6.05. The van der Waals surface area contributed by atoms with E-state index in [9.17, 15) is 9.59 Å². The predicted molar refractivity (Wildman–Crippen MR) is 97.3 cm³/mol. The van der Waals surface area contributed by atoms with Gasteiger partial charge >= 0.3 is 0 Å². The Balaban J connectivity index is 1.78. The van der Waals surface area contributed by atoms with E-state index in [0.29, 0.717) is 47.4 Å². The van der Waals surface area contributed by atoms with E-state index in [1.165, 1.54) is 0 Å². The van der Waals surface area contributed by atoms with Gasteiger partial charge in [-0.2, -0.15) is 0 Å². The molecule has 2 amide bonds. The number of carbonyl (C=O) groups is 2. The predicted octanol–water partition coefficient (Wildman–Crippen LogP) is 3.07. The van der Waals surface area contributed by atoms with Gasteiger partial charge in [0.15, 0.2) is 18.1 Å². The van der Waals surface area contributed by atoms with Crippen LogP contribution in [0.3, 0.4) is 0 Å². The third kappa shape index (κ3) is 3.88. The van der Waals surface area contributed by atoms with Crippen LogP contribution < -0.4 is 24.8 Å². The number of carbonyl (C=O) groups excluding carboxylic acids is 2. The Morgan fingerprint density at radius 2 is 1.88 bits per heavy atom. The number of rotatable bonds is 6. The first-order valence-corrected chi connectivity index (χ1v) is 8.38. The van der Waals surface area contributed by atoms with Gasteiger partial charge in [-0.3, -0.25) is 9.59 Å². The average Bonchev–Trinajstić information content (AvgIpc) is 2.63. The van der Waals surface area contributed by atoms with Crippen LogP contribution in [0.1, 0.15) is 24.2 Å². The molecule has 26 heavy (non-hydrogen) atoms. The third-order valence-corrected chi connectivity index (χ3v) is 3.68. The van der Waals surface area contributed by atoms with Crippen LogP contribution in [0.4, 0.5) is 11.4 Å². The van der Waals surface area contributed by atoms with Crippen molar-refractivity contribution in [3.63, 3.8) is 0 Å². The zero-order valence-corrected chi connectivity index (χ0v) is 14.6. The van der Waals surface area contributed by atoms with Gasteiger partial charge in [0.1, 0.15) is 5.75 Å². The van der Waals surface area contributed by atoms with Crippen LogP contribution in [-0.2, 0) is 4.79 Å². The van der Waals surface area contributed by atoms with Crippen molar-refractivity contribution in [2.45, 2.75) is 13.8 Å². The lowest BCUT2D eigenvalue weighted by atomic mass is 10.1. The molecule has 0 unspecified atom stereocenters. The van der Waals surface area contributed by atoms with Crippen molar-refractivity contribution < 1.29 is 23.8 Å². The molecule has 1 aliphatic heterocycles. The molecule has 1 heterocycles. The minimum absolute atomic E-state index is 0.00884. The van der Waals surface area contributed by atoms with Crippen molar-refractivity contribution >= 4 is 23.2 Å². The van der Waals surface area contributed by atoms with Gasteiger partial charge in [0, 0.05) is 11.3 Å². The van der Waals surface area contributed by atoms with Crippen LogP contribution in [0.15, 0.2) is 36.4 Å². The summed E-state index contributed by atoms with van der Waals surface area (Å²) in [6, 6.07) is 10.1. The lowest BCUT2D eigenvalue weighted by molar-refractivity contribution is -0.118. The lowest BCUT2D eigenvalue weighted by Crippen LogP contribution is -2.25.